The Morgan fingerprint density at radius 2 is 1.85 bits per heavy atom. The van der Waals surface area contributed by atoms with Crippen molar-refractivity contribution < 1.29 is 9.50 Å². The number of rotatable bonds is 6. The molecule has 1 aliphatic rings. The van der Waals surface area contributed by atoms with E-state index in [1.807, 2.05) is 4.90 Å². The molecule has 1 fully saturated rings. The SMILES string of the molecule is CN1CCN(c2nc(CCCO)cn(Cc3ccc(F)cc3)c2=O)CC1. The Labute approximate surface area is 152 Å². The number of benzene rings is 1. The van der Waals surface area contributed by atoms with Crippen LogP contribution in [0.5, 0.6) is 0 Å². The standard InChI is InChI=1S/C19H25FN4O2/c1-22-8-10-23(11-9-22)18-19(26)24(14-17(21-18)3-2-12-25)13-15-4-6-16(20)7-5-15/h4-7,14,25H,2-3,8-13H2,1H3. The van der Waals surface area contributed by atoms with Gasteiger partial charge in [0.15, 0.2) is 5.82 Å². The molecule has 1 aromatic heterocycles. The van der Waals surface area contributed by atoms with Crippen LogP contribution in [0.4, 0.5) is 10.2 Å². The Hall–Kier alpha value is -2.25. The first kappa shape index (κ1) is 18.5. The lowest BCUT2D eigenvalue weighted by molar-refractivity contribution is 0.288. The number of piperazine rings is 1. The van der Waals surface area contributed by atoms with E-state index in [0.29, 0.717) is 25.2 Å². The molecule has 3 rings (SSSR count). The van der Waals surface area contributed by atoms with Gasteiger partial charge in [-0.15, -0.1) is 0 Å². The van der Waals surface area contributed by atoms with E-state index >= 15 is 0 Å². The van der Waals surface area contributed by atoms with E-state index in [9.17, 15) is 9.18 Å². The number of aliphatic hydroxyl groups excluding tert-OH is 1. The van der Waals surface area contributed by atoms with Crippen LogP contribution in [0.3, 0.4) is 0 Å². The number of nitrogens with zero attached hydrogens (tertiary/aromatic N) is 4. The quantitative estimate of drug-likeness (QED) is 0.836. The second-order valence-electron chi connectivity index (χ2n) is 6.73. The second kappa shape index (κ2) is 8.42. The van der Waals surface area contributed by atoms with Gasteiger partial charge in [0.25, 0.3) is 5.56 Å². The number of aromatic nitrogens is 2. The smallest absolute Gasteiger partial charge is 0.293 e. The second-order valence-corrected chi connectivity index (χ2v) is 6.73. The van der Waals surface area contributed by atoms with Crippen molar-refractivity contribution in [1.82, 2.24) is 14.5 Å². The number of likely N-dealkylation sites (N-methyl/N-ethyl adjacent to an activating group) is 1. The predicted molar refractivity (Wildman–Crippen MR) is 99.1 cm³/mol. The molecular weight excluding hydrogens is 335 g/mol. The third-order valence-electron chi connectivity index (χ3n) is 4.67. The molecule has 0 atom stereocenters. The molecule has 0 radical (unpaired) electrons. The van der Waals surface area contributed by atoms with Crippen molar-refractivity contribution in [1.29, 1.82) is 0 Å². The van der Waals surface area contributed by atoms with Gasteiger partial charge in [-0.3, -0.25) is 4.79 Å². The van der Waals surface area contributed by atoms with Crippen molar-refractivity contribution in [3.8, 4) is 0 Å². The van der Waals surface area contributed by atoms with Crippen molar-refractivity contribution in [2.24, 2.45) is 0 Å². The highest BCUT2D eigenvalue weighted by Crippen LogP contribution is 2.12. The maximum atomic E-state index is 13.1. The average molecular weight is 360 g/mol. The van der Waals surface area contributed by atoms with Gasteiger partial charge in [-0.2, -0.15) is 0 Å². The summed E-state index contributed by atoms with van der Waals surface area (Å²) in [4.78, 5) is 21.8. The molecule has 0 unspecified atom stereocenters. The highest BCUT2D eigenvalue weighted by Gasteiger charge is 2.20. The van der Waals surface area contributed by atoms with Gasteiger partial charge in [0.1, 0.15) is 5.82 Å². The minimum absolute atomic E-state index is 0.0859. The summed E-state index contributed by atoms with van der Waals surface area (Å²) in [5, 5.41) is 9.11. The molecule has 140 valence electrons. The number of hydrogen-bond acceptors (Lipinski definition) is 5. The van der Waals surface area contributed by atoms with Crippen LogP contribution in [0.15, 0.2) is 35.3 Å². The van der Waals surface area contributed by atoms with Crippen LogP contribution < -0.4 is 10.5 Å². The summed E-state index contributed by atoms with van der Waals surface area (Å²) in [6.45, 7) is 3.76. The Balaban J connectivity index is 1.92. The van der Waals surface area contributed by atoms with E-state index in [4.69, 9.17) is 5.11 Å². The van der Waals surface area contributed by atoms with E-state index in [1.54, 1.807) is 22.9 Å². The molecule has 2 aromatic rings. The van der Waals surface area contributed by atoms with Crippen LogP contribution in [-0.4, -0.2) is 59.4 Å². The number of halogens is 1. The summed E-state index contributed by atoms with van der Waals surface area (Å²) < 4.78 is 14.8. The van der Waals surface area contributed by atoms with Gasteiger partial charge in [-0.05, 0) is 37.6 Å². The van der Waals surface area contributed by atoms with Crippen LogP contribution in [-0.2, 0) is 13.0 Å². The summed E-state index contributed by atoms with van der Waals surface area (Å²) in [5.41, 5.74) is 1.51. The Kier molecular flexibility index (Phi) is 6.00. The zero-order chi connectivity index (χ0) is 18.5. The van der Waals surface area contributed by atoms with Crippen molar-refractivity contribution in [2.45, 2.75) is 19.4 Å². The Bertz CT molecular complexity index is 783. The van der Waals surface area contributed by atoms with Gasteiger partial charge in [-0.1, -0.05) is 12.1 Å². The molecule has 26 heavy (non-hydrogen) atoms. The first-order chi connectivity index (χ1) is 12.6. The molecule has 0 saturated carbocycles. The lowest BCUT2D eigenvalue weighted by Gasteiger charge is -2.33. The summed E-state index contributed by atoms with van der Waals surface area (Å²) in [6.07, 6.45) is 2.96. The highest BCUT2D eigenvalue weighted by atomic mass is 19.1. The van der Waals surface area contributed by atoms with Crippen LogP contribution in [0.1, 0.15) is 17.7 Å². The van der Waals surface area contributed by atoms with Crippen LogP contribution in [0, 0.1) is 5.82 Å². The normalized spacial score (nSPS) is 15.4. The zero-order valence-electron chi connectivity index (χ0n) is 15.1. The molecule has 7 heteroatoms. The summed E-state index contributed by atoms with van der Waals surface area (Å²) in [7, 11) is 2.06. The van der Waals surface area contributed by atoms with Gasteiger partial charge in [0, 0.05) is 39.0 Å². The maximum absolute atomic E-state index is 13.1. The molecular formula is C19H25FN4O2. The summed E-state index contributed by atoms with van der Waals surface area (Å²) in [6, 6.07) is 6.17. The van der Waals surface area contributed by atoms with Crippen LogP contribution in [0.25, 0.3) is 0 Å². The number of anilines is 1. The fourth-order valence-corrected chi connectivity index (χ4v) is 3.09. The van der Waals surface area contributed by atoms with E-state index in [0.717, 1.165) is 37.4 Å². The van der Waals surface area contributed by atoms with E-state index in [1.165, 1.54) is 12.1 Å². The fraction of sp³-hybridized carbons (Fsp3) is 0.474. The lowest BCUT2D eigenvalue weighted by Crippen LogP contribution is -2.47. The Morgan fingerprint density at radius 1 is 1.15 bits per heavy atom. The minimum Gasteiger partial charge on any atom is -0.396 e. The molecule has 0 bridgehead atoms. The van der Waals surface area contributed by atoms with Crippen molar-refractivity contribution in [3.05, 3.63) is 57.9 Å². The first-order valence-corrected chi connectivity index (χ1v) is 8.96. The average Bonchev–Trinajstić information content (AvgIpc) is 2.65. The highest BCUT2D eigenvalue weighted by molar-refractivity contribution is 5.38. The molecule has 0 aliphatic carbocycles. The van der Waals surface area contributed by atoms with Crippen LogP contribution in [0.2, 0.25) is 0 Å². The molecule has 1 N–H and O–H groups in total. The van der Waals surface area contributed by atoms with Gasteiger partial charge >= 0.3 is 0 Å². The van der Waals surface area contributed by atoms with E-state index < -0.39 is 0 Å². The fourth-order valence-electron chi connectivity index (χ4n) is 3.09. The molecule has 6 nitrogen and oxygen atoms in total. The monoisotopic (exact) mass is 360 g/mol. The maximum Gasteiger partial charge on any atom is 0.293 e. The van der Waals surface area contributed by atoms with Gasteiger partial charge in [0.05, 0.1) is 12.2 Å². The molecule has 0 amide bonds. The summed E-state index contributed by atoms with van der Waals surface area (Å²) >= 11 is 0. The minimum atomic E-state index is -0.294. The zero-order valence-corrected chi connectivity index (χ0v) is 15.1. The number of aryl methyl sites for hydroxylation is 1. The number of hydrogen-bond donors (Lipinski definition) is 1. The van der Waals surface area contributed by atoms with Gasteiger partial charge < -0.3 is 19.5 Å². The third kappa shape index (κ3) is 4.47. The van der Waals surface area contributed by atoms with Crippen LogP contribution >= 0.6 is 0 Å². The Morgan fingerprint density at radius 3 is 2.50 bits per heavy atom. The predicted octanol–water partition coefficient (Wildman–Crippen LogP) is 1.11. The molecule has 0 spiro atoms. The largest absolute Gasteiger partial charge is 0.396 e. The van der Waals surface area contributed by atoms with Gasteiger partial charge in [0.2, 0.25) is 0 Å². The molecule has 1 aromatic carbocycles. The molecule has 2 heterocycles. The number of aliphatic hydroxyl groups is 1. The first-order valence-electron chi connectivity index (χ1n) is 8.96. The topological polar surface area (TPSA) is 61.6 Å². The van der Waals surface area contributed by atoms with E-state index in [2.05, 4.69) is 16.9 Å². The van der Waals surface area contributed by atoms with Crippen molar-refractivity contribution in [2.75, 3.05) is 44.7 Å². The lowest BCUT2D eigenvalue weighted by atomic mass is 10.2. The van der Waals surface area contributed by atoms with Gasteiger partial charge in [-0.25, -0.2) is 9.37 Å². The third-order valence-corrected chi connectivity index (χ3v) is 4.67. The molecule has 1 aliphatic heterocycles. The van der Waals surface area contributed by atoms with Crippen molar-refractivity contribution >= 4 is 5.82 Å². The van der Waals surface area contributed by atoms with Crippen molar-refractivity contribution in [3.63, 3.8) is 0 Å². The molecule has 1 saturated heterocycles. The van der Waals surface area contributed by atoms with E-state index in [-0.39, 0.29) is 18.0 Å². The summed E-state index contributed by atoms with van der Waals surface area (Å²) in [5.74, 6) is 0.174.